The average Bonchev–Trinajstić information content (AvgIpc) is 3.05. The summed E-state index contributed by atoms with van der Waals surface area (Å²) in [6.45, 7) is 3.94. The molecule has 1 saturated carbocycles. The predicted octanol–water partition coefficient (Wildman–Crippen LogP) is 2.16. The monoisotopic (exact) mass is 266 g/mol. The van der Waals surface area contributed by atoms with Crippen LogP contribution in [0.15, 0.2) is 0 Å². The lowest BCUT2D eigenvalue weighted by molar-refractivity contribution is -0.167. The van der Waals surface area contributed by atoms with Crippen LogP contribution in [0.2, 0.25) is 0 Å². The summed E-state index contributed by atoms with van der Waals surface area (Å²) < 4.78 is 37.6. The molecule has 1 rings (SSSR count). The fraction of sp³-hybridized carbons (Fsp3) is 0.917. The molecule has 0 bridgehead atoms. The lowest BCUT2D eigenvalue weighted by Crippen LogP contribution is -2.53. The Morgan fingerprint density at radius 3 is 2.17 bits per heavy atom. The van der Waals surface area contributed by atoms with E-state index < -0.39 is 24.7 Å². The molecule has 0 radical (unpaired) electrons. The van der Waals surface area contributed by atoms with Crippen molar-refractivity contribution in [1.29, 1.82) is 0 Å². The summed E-state index contributed by atoms with van der Waals surface area (Å²) in [6, 6.07) is -1.25. The second-order valence-electron chi connectivity index (χ2n) is 5.43. The number of carbonyl (C=O) groups is 1. The maximum atomic E-state index is 12.5. The molecular formula is C12H21F3N2O. The van der Waals surface area contributed by atoms with Gasteiger partial charge in [0.2, 0.25) is 5.91 Å². The highest BCUT2D eigenvalue weighted by atomic mass is 19.4. The largest absolute Gasteiger partial charge is 0.406 e. The van der Waals surface area contributed by atoms with Crippen LogP contribution >= 0.6 is 0 Å². The molecule has 3 nitrogen and oxygen atoms in total. The Labute approximate surface area is 106 Å². The summed E-state index contributed by atoms with van der Waals surface area (Å²) in [5.41, 5.74) is 5.68. The van der Waals surface area contributed by atoms with Crippen molar-refractivity contribution >= 4 is 5.91 Å². The van der Waals surface area contributed by atoms with Crippen LogP contribution in [0.25, 0.3) is 0 Å². The predicted molar refractivity (Wildman–Crippen MR) is 62.8 cm³/mol. The Balaban J connectivity index is 2.79. The molecule has 1 aliphatic carbocycles. The molecule has 0 aliphatic heterocycles. The molecule has 2 unspecified atom stereocenters. The van der Waals surface area contributed by atoms with Crippen molar-refractivity contribution in [3.05, 3.63) is 0 Å². The van der Waals surface area contributed by atoms with E-state index in [0.29, 0.717) is 0 Å². The van der Waals surface area contributed by atoms with Gasteiger partial charge in [0.25, 0.3) is 0 Å². The third kappa shape index (κ3) is 4.15. The third-order valence-corrected chi connectivity index (χ3v) is 3.43. The minimum absolute atomic E-state index is 0.167. The molecule has 0 aromatic rings. The number of hydrogen-bond acceptors (Lipinski definition) is 2. The van der Waals surface area contributed by atoms with Gasteiger partial charge < -0.3 is 10.6 Å². The molecule has 18 heavy (non-hydrogen) atoms. The van der Waals surface area contributed by atoms with Crippen LogP contribution in [0.4, 0.5) is 13.2 Å². The van der Waals surface area contributed by atoms with Crippen molar-refractivity contribution < 1.29 is 18.0 Å². The molecule has 1 fully saturated rings. The highest BCUT2D eigenvalue weighted by Crippen LogP contribution is 2.36. The molecule has 0 spiro atoms. The van der Waals surface area contributed by atoms with Gasteiger partial charge in [0.1, 0.15) is 6.54 Å². The average molecular weight is 266 g/mol. The Hall–Kier alpha value is -0.780. The third-order valence-electron chi connectivity index (χ3n) is 3.43. The molecular weight excluding hydrogens is 245 g/mol. The first kappa shape index (κ1) is 15.3. The standard InChI is InChI=1S/C12H21F3N2O/c1-7(2)10(16)11(18)17(6-12(13,14)15)8(3)9-4-5-9/h7-10H,4-6,16H2,1-3H3. The number of amides is 1. The van der Waals surface area contributed by atoms with Gasteiger partial charge in [0.05, 0.1) is 6.04 Å². The number of hydrogen-bond donors (Lipinski definition) is 1. The smallest absolute Gasteiger partial charge is 0.329 e. The fourth-order valence-electron chi connectivity index (χ4n) is 1.93. The van der Waals surface area contributed by atoms with E-state index in [0.717, 1.165) is 17.7 Å². The molecule has 0 aromatic heterocycles. The van der Waals surface area contributed by atoms with Crippen molar-refractivity contribution in [3.63, 3.8) is 0 Å². The zero-order valence-electron chi connectivity index (χ0n) is 11.0. The summed E-state index contributed by atoms with van der Waals surface area (Å²) in [5, 5.41) is 0. The van der Waals surface area contributed by atoms with Crippen LogP contribution in [0.1, 0.15) is 33.6 Å². The summed E-state index contributed by atoms with van der Waals surface area (Å²) in [4.78, 5) is 12.9. The Kier molecular flexibility index (Phi) is 4.64. The SMILES string of the molecule is CC(C)C(N)C(=O)N(CC(F)(F)F)C(C)C1CC1. The second-order valence-corrected chi connectivity index (χ2v) is 5.43. The van der Waals surface area contributed by atoms with Crippen LogP contribution in [-0.4, -0.2) is 35.6 Å². The van der Waals surface area contributed by atoms with E-state index in [1.54, 1.807) is 20.8 Å². The van der Waals surface area contributed by atoms with Crippen LogP contribution in [0.3, 0.4) is 0 Å². The van der Waals surface area contributed by atoms with E-state index in [1.807, 2.05) is 0 Å². The van der Waals surface area contributed by atoms with Crippen molar-refractivity contribution in [1.82, 2.24) is 4.90 Å². The zero-order chi connectivity index (χ0) is 14.1. The van der Waals surface area contributed by atoms with Gasteiger partial charge in [-0.15, -0.1) is 0 Å². The van der Waals surface area contributed by atoms with E-state index in [1.165, 1.54) is 0 Å². The maximum Gasteiger partial charge on any atom is 0.406 e. The van der Waals surface area contributed by atoms with Gasteiger partial charge in [-0.1, -0.05) is 13.8 Å². The molecule has 1 aliphatic rings. The molecule has 6 heteroatoms. The van der Waals surface area contributed by atoms with Crippen LogP contribution < -0.4 is 5.73 Å². The van der Waals surface area contributed by atoms with Gasteiger partial charge in [-0.25, -0.2) is 0 Å². The van der Waals surface area contributed by atoms with Crippen LogP contribution in [-0.2, 0) is 4.79 Å². The van der Waals surface area contributed by atoms with E-state index in [4.69, 9.17) is 5.73 Å². The van der Waals surface area contributed by atoms with E-state index in [2.05, 4.69) is 0 Å². The molecule has 0 saturated heterocycles. The Bertz CT molecular complexity index is 300. The molecule has 2 N–H and O–H groups in total. The summed E-state index contributed by atoms with van der Waals surface area (Å²) in [6.07, 6.45) is -2.60. The van der Waals surface area contributed by atoms with Gasteiger partial charge in [-0.3, -0.25) is 4.79 Å². The molecule has 0 aromatic carbocycles. The Morgan fingerprint density at radius 1 is 1.33 bits per heavy atom. The Morgan fingerprint density at radius 2 is 1.83 bits per heavy atom. The van der Waals surface area contributed by atoms with Gasteiger partial charge in [0, 0.05) is 6.04 Å². The van der Waals surface area contributed by atoms with Crippen molar-refractivity contribution in [2.45, 2.75) is 51.9 Å². The zero-order valence-corrected chi connectivity index (χ0v) is 11.0. The maximum absolute atomic E-state index is 12.5. The van der Waals surface area contributed by atoms with Gasteiger partial charge in [-0.2, -0.15) is 13.2 Å². The van der Waals surface area contributed by atoms with Crippen molar-refractivity contribution in [2.75, 3.05) is 6.54 Å². The molecule has 2 atom stereocenters. The highest BCUT2D eigenvalue weighted by molar-refractivity contribution is 5.82. The number of alkyl halides is 3. The number of halogens is 3. The second kappa shape index (κ2) is 5.47. The van der Waals surface area contributed by atoms with Gasteiger partial charge >= 0.3 is 6.18 Å². The number of nitrogens with zero attached hydrogens (tertiary/aromatic N) is 1. The van der Waals surface area contributed by atoms with E-state index >= 15 is 0 Å². The minimum Gasteiger partial charge on any atom is -0.329 e. The summed E-state index contributed by atoms with van der Waals surface area (Å²) >= 11 is 0. The molecule has 106 valence electrons. The summed E-state index contributed by atoms with van der Waals surface area (Å²) in [7, 11) is 0. The first-order valence-corrected chi connectivity index (χ1v) is 6.26. The van der Waals surface area contributed by atoms with Gasteiger partial charge in [0.15, 0.2) is 0 Å². The number of rotatable bonds is 5. The van der Waals surface area contributed by atoms with E-state index in [-0.39, 0.29) is 17.9 Å². The lowest BCUT2D eigenvalue weighted by Gasteiger charge is -2.33. The number of nitrogens with two attached hydrogens (primary N) is 1. The van der Waals surface area contributed by atoms with Crippen molar-refractivity contribution in [2.24, 2.45) is 17.6 Å². The minimum atomic E-state index is -4.38. The lowest BCUT2D eigenvalue weighted by atomic mass is 10.0. The number of carbonyl (C=O) groups excluding carboxylic acids is 1. The summed E-state index contributed by atoms with van der Waals surface area (Å²) in [5.74, 6) is -0.572. The van der Waals surface area contributed by atoms with E-state index in [9.17, 15) is 18.0 Å². The first-order valence-electron chi connectivity index (χ1n) is 6.26. The first-order chi connectivity index (χ1) is 8.13. The van der Waals surface area contributed by atoms with Gasteiger partial charge in [-0.05, 0) is 31.6 Å². The fourth-order valence-corrected chi connectivity index (χ4v) is 1.93. The molecule has 1 amide bonds. The topological polar surface area (TPSA) is 46.3 Å². The normalized spacial score (nSPS) is 19.8. The van der Waals surface area contributed by atoms with Crippen LogP contribution in [0, 0.1) is 11.8 Å². The quantitative estimate of drug-likeness (QED) is 0.829. The molecule has 0 heterocycles. The highest BCUT2D eigenvalue weighted by Gasteiger charge is 2.41. The van der Waals surface area contributed by atoms with Crippen LogP contribution in [0.5, 0.6) is 0 Å². The van der Waals surface area contributed by atoms with Crippen molar-refractivity contribution in [3.8, 4) is 0 Å².